The molecule has 0 atom stereocenters. The molecular weight excluding hydrogens is 858 g/mol. The zero-order valence-corrected chi connectivity index (χ0v) is 44.0. The number of hydrogen-bond donors (Lipinski definition) is 0. The van der Waals surface area contributed by atoms with Gasteiger partial charge in [0.15, 0.2) is 0 Å². The number of anilines is 9. The third-order valence-corrected chi connectivity index (χ3v) is 16.8. The number of aryl methyl sites for hydroxylation is 1. The Hall–Kier alpha value is -6.78. The summed E-state index contributed by atoms with van der Waals surface area (Å²) in [5.74, 6) is 0. The zero-order valence-electron chi connectivity index (χ0n) is 44.0. The first kappa shape index (κ1) is 45.4. The molecule has 8 aromatic rings. The maximum Gasteiger partial charge on any atom is 0.252 e. The maximum absolute atomic E-state index is 2.70. The van der Waals surface area contributed by atoms with E-state index in [4.69, 9.17) is 0 Å². The van der Waals surface area contributed by atoms with Crippen molar-refractivity contribution in [1.82, 2.24) is 0 Å². The van der Waals surface area contributed by atoms with Gasteiger partial charge in [-0.1, -0.05) is 173 Å². The molecule has 0 N–H and O–H groups in total. The minimum Gasteiger partial charge on any atom is -0.311 e. The van der Waals surface area contributed by atoms with Crippen LogP contribution in [0.1, 0.15) is 122 Å². The Kier molecular flexibility index (Phi) is 9.98. The molecule has 4 aliphatic rings. The lowest BCUT2D eigenvalue weighted by Crippen LogP contribution is -2.61. The third-order valence-electron chi connectivity index (χ3n) is 16.8. The number of para-hydroxylation sites is 2. The lowest BCUT2D eigenvalue weighted by molar-refractivity contribution is 0.403. The molecule has 0 bridgehead atoms. The quantitative estimate of drug-likeness (QED) is 0.154. The molecular formula is C67H68BN3. The van der Waals surface area contributed by atoms with Crippen LogP contribution in [0.5, 0.6) is 0 Å². The average molecular weight is 926 g/mol. The van der Waals surface area contributed by atoms with Crippen LogP contribution in [0.25, 0.3) is 11.1 Å². The number of benzene rings is 8. The van der Waals surface area contributed by atoms with Crippen LogP contribution < -0.4 is 31.1 Å². The number of hydrogen-bond acceptors (Lipinski definition) is 3. The molecule has 0 saturated carbocycles. The summed E-state index contributed by atoms with van der Waals surface area (Å²) in [7, 11) is 0. The van der Waals surface area contributed by atoms with Gasteiger partial charge in [0.05, 0.1) is 0 Å². The van der Waals surface area contributed by atoms with E-state index in [9.17, 15) is 0 Å². The van der Waals surface area contributed by atoms with Crippen molar-refractivity contribution >= 4 is 74.3 Å². The molecule has 0 amide bonds. The summed E-state index contributed by atoms with van der Waals surface area (Å²) < 4.78 is 0. The molecule has 4 heteroatoms. The second-order valence-corrected chi connectivity index (χ2v) is 25.0. The average Bonchev–Trinajstić information content (AvgIpc) is 3.65. The Labute approximate surface area is 424 Å². The van der Waals surface area contributed by atoms with Crippen LogP contribution in [0.2, 0.25) is 0 Å². The molecule has 2 aliphatic heterocycles. The highest BCUT2D eigenvalue weighted by Crippen LogP contribution is 2.55. The van der Waals surface area contributed by atoms with Crippen molar-refractivity contribution < 1.29 is 0 Å². The predicted molar refractivity (Wildman–Crippen MR) is 305 cm³/mol. The number of fused-ring (bicyclic) bond motifs is 6. The third kappa shape index (κ3) is 7.14. The Morgan fingerprint density at radius 2 is 0.958 bits per heavy atom. The van der Waals surface area contributed by atoms with Gasteiger partial charge in [0.1, 0.15) is 0 Å². The van der Waals surface area contributed by atoms with Gasteiger partial charge < -0.3 is 14.7 Å². The summed E-state index contributed by atoms with van der Waals surface area (Å²) in [5, 5.41) is 0. The second kappa shape index (κ2) is 15.6. The monoisotopic (exact) mass is 926 g/mol. The van der Waals surface area contributed by atoms with Crippen LogP contribution in [-0.4, -0.2) is 6.71 Å². The highest BCUT2D eigenvalue weighted by molar-refractivity contribution is 7.00. The Morgan fingerprint density at radius 3 is 1.56 bits per heavy atom. The van der Waals surface area contributed by atoms with Gasteiger partial charge in [-0.15, -0.1) is 0 Å². The van der Waals surface area contributed by atoms with E-state index in [1.54, 1.807) is 0 Å². The van der Waals surface area contributed by atoms with E-state index in [2.05, 4.69) is 268 Å². The normalized spacial score (nSPS) is 17.3. The fourth-order valence-electron chi connectivity index (χ4n) is 13.9. The molecule has 2 aliphatic carbocycles. The van der Waals surface area contributed by atoms with Gasteiger partial charge in [0.25, 0.3) is 6.71 Å². The van der Waals surface area contributed by atoms with Crippen molar-refractivity contribution in [2.45, 2.75) is 123 Å². The van der Waals surface area contributed by atoms with Crippen molar-refractivity contribution in [3.8, 4) is 11.1 Å². The van der Waals surface area contributed by atoms with Crippen molar-refractivity contribution in [1.29, 1.82) is 0 Å². The van der Waals surface area contributed by atoms with E-state index in [-0.39, 0.29) is 33.8 Å². The van der Waals surface area contributed by atoms with E-state index in [1.165, 1.54) is 95.0 Å². The summed E-state index contributed by atoms with van der Waals surface area (Å²) in [5.41, 5.74) is 25.9. The van der Waals surface area contributed by atoms with Crippen molar-refractivity contribution in [3.63, 3.8) is 0 Å². The number of rotatable bonds is 6. The first-order valence-corrected chi connectivity index (χ1v) is 26.0. The molecule has 0 aromatic heterocycles. The predicted octanol–water partition coefficient (Wildman–Crippen LogP) is 16.4. The van der Waals surface area contributed by atoms with Crippen LogP contribution in [0.15, 0.2) is 170 Å². The summed E-state index contributed by atoms with van der Waals surface area (Å²) in [4.78, 5) is 7.76. The first-order chi connectivity index (χ1) is 33.7. The fraction of sp³-hybridized carbons (Fsp3) is 0.284. The summed E-state index contributed by atoms with van der Waals surface area (Å²) in [6, 6.07) is 64.9. The summed E-state index contributed by atoms with van der Waals surface area (Å²) >= 11 is 0. The van der Waals surface area contributed by atoms with E-state index < -0.39 is 0 Å². The molecule has 8 aromatic carbocycles. The maximum atomic E-state index is 2.70. The van der Waals surface area contributed by atoms with Gasteiger partial charge in [-0.2, -0.15) is 0 Å². The SMILES string of the molecule is Cc1ccc(-c2ccccc2)cc1N1c2cc(N(c3ccccc3)c3ccccc3)ccc2B2c3cc4c(cc3N(c3ccc5c(c3)C(C)(C)CC5(C)C)c3cc(C(C)(C)C)cc1c32)C(C)(C)CC4(C)C. The minimum absolute atomic E-state index is 0.0188. The van der Waals surface area contributed by atoms with Crippen LogP contribution >= 0.6 is 0 Å². The van der Waals surface area contributed by atoms with E-state index in [0.717, 1.165) is 29.9 Å². The summed E-state index contributed by atoms with van der Waals surface area (Å²) in [6.07, 6.45) is 2.24. The molecule has 0 fully saturated rings. The fourth-order valence-corrected chi connectivity index (χ4v) is 13.9. The highest BCUT2D eigenvalue weighted by atomic mass is 15.2. The highest BCUT2D eigenvalue weighted by Gasteiger charge is 2.49. The minimum atomic E-state index is -0.146. The molecule has 71 heavy (non-hydrogen) atoms. The van der Waals surface area contributed by atoms with Gasteiger partial charge >= 0.3 is 0 Å². The Morgan fingerprint density at radius 1 is 0.423 bits per heavy atom. The largest absolute Gasteiger partial charge is 0.311 e. The van der Waals surface area contributed by atoms with Gasteiger partial charge in [0.2, 0.25) is 0 Å². The van der Waals surface area contributed by atoms with Crippen LogP contribution in [-0.2, 0) is 27.1 Å². The molecule has 3 nitrogen and oxygen atoms in total. The molecule has 0 unspecified atom stereocenters. The lowest BCUT2D eigenvalue weighted by atomic mass is 9.33. The van der Waals surface area contributed by atoms with Gasteiger partial charge in [-0.3, -0.25) is 0 Å². The first-order valence-electron chi connectivity index (χ1n) is 26.0. The molecule has 0 radical (unpaired) electrons. The summed E-state index contributed by atoms with van der Waals surface area (Å²) in [6.45, 7) is 29.1. The molecule has 2 heterocycles. The smallest absolute Gasteiger partial charge is 0.252 e. The van der Waals surface area contributed by atoms with E-state index in [0.29, 0.717) is 0 Å². The van der Waals surface area contributed by atoms with Crippen molar-refractivity contribution in [2.75, 3.05) is 14.7 Å². The van der Waals surface area contributed by atoms with Gasteiger partial charge in [0, 0.05) is 51.2 Å². The van der Waals surface area contributed by atoms with Gasteiger partial charge in [-0.25, -0.2) is 0 Å². The topological polar surface area (TPSA) is 9.72 Å². The van der Waals surface area contributed by atoms with E-state index in [1.807, 2.05) is 0 Å². The Balaban J connectivity index is 1.21. The zero-order chi connectivity index (χ0) is 49.6. The van der Waals surface area contributed by atoms with E-state index >= 15 is 0 Å². The molecule has 354 valence electrons. The lowest BCUT2D eigenvalue weighted by Gasteiger charge is -2.46. The molecule has 0 saturated heterocycles. The van der Waals surface area contributed by atoms with Crippen molar-refractivity contribution in [3.05, 3.63) is 203 Å². The van der Waals surface area contributed by atoms with Crippen LogP contribution in [0.4, 0.5) is 51.2 Å². The van der Waals surface area contributed by atoms with Crippen LogP contribution in [0, 0.1) is 6.92 Å². The standard InChI is InChI=1S/C67H68BN3/c1-43-28-29-45(44-22-16-13-17-23-44)34-57(43)71-58-38-50(69(47-24-18-14-19-25-47)48-26-20-15-21-27-48)31-33-55(58)68-56-39-53-54(67(11,12)42-66(53,9)10)40-59(56)70(60-35-46(63(2,3)4)36-61(71)62(60)68)49-30-32-51-52(37-49)65(7,8)41-64(51,5)6/h13-40H,41-42H2,1-12H3. The second-order valence-electron chi connectivity index (χ2n) is 25.0. The van der Waals surface area contributed by atoms with Crippen LogP contribution in [0.3, 0.4) is 0 Å². The Bertz CT molecular complexity index is 3390. The molecule has 0 spiro atoms. The van der Waals surface area contributed by atoms with Crippen molar-refractivity contribution in [2.24, 2.45) is 0 Å². The van der Waals surface area contributed by atoms with Gasteiger partial charge in [-0.05, 0) is 181 Å². The number of nitrogens with zero attached hydrogens (tertiary/aromatic N) is 3. The molecule has 12 rings (SSSR count).